The summed E-state index contributed by atoms with van der Waals surface area (Å²) in [5, 5.41) is 3.13. The van der Waals surface area contributed by atoms with E-state index in [1.165, 1.54) is 0 Å². The van der Waals surface area contributed by atoms with Crippen LogP contribution in [0.3, 0.4) is 0 Å². The van der Waals surface area contributed by atoms with Crippen molar-refractivity contribution in [2.24, 2.45) is 0 Å². The molecule has 0 N–H and O–H groups in total. The first kappa shape index (κ1) is 17.9. The highest BCUT2D eigenvalue weighted by molar-refractivity contribution is 6.08. The van der Waals surface area contributed by atoms with Crippen LogP contribution in [0.1, 0.15) is 11.1 Å². The highest BCUT2D eigenvalue weighted by Gasteiger charge is 2.14. The SMILES string of the molecule is COc1ccc(COC(=O)Cc2coc3ccc4ccccc4c23)cc1OC. The molecular weight excluding hydrogens is 356 g/mol. The van der Waals surface area contributed by atoms with Gasteiger partial charge in [0.1, 0.15) is 12.2 Å². The lowest BCUT2D eigenvalue weighted by Crippen LogP contribution is -2.08. The lowest BCUT2D eigenvalue weighted by atomic mass is 10.0. The standard InChI is InChI=1S/C23H20O5/c1-25-19-9-7-15(11-21(19)26-2)13-28-22(24)12-17-14-27-20-10-8-16-5-3-4-6-18(16)23(17)20/h3-11,14H,12-13H2,1-2H3. The van der Waals surface area contributed by atoms with Gasteiger partial charge in [-0.1, -0.05) is 36.4 Å². The minimum Gasteiger partial charge on any atom is -0.493 e. The van der Waals surface area contributed by atoms with E-state index in [0.29, 0.717) is 11.5 Å². The highest BCUT2D eigenvalue weighted by Crippen LogP contribution is 2.31. The molecule has 0 amide bonds. The predicted octanol–water partition coefficient (Wildman–Crippen LogP) is 4.89. The van der Waals surface area contributed by atoms with Gasteiger partial charge in [0.05, 0.1) is 26.9 Å². The van der Waals surface area contributed by atoms with E-state index in [-0.39, 0.29) is 19.0 Å². The van der Waals surface area contributed by atoms with Crippen LogP contribution in [-0.2, 0) is 22.6 Å². The molecule has 28 heavy (non-hydrogen) atoms. The van der Waals surface area contributed by atoms with Gasteiger partial charge < -0.3 is 18.6 Å². The summed E-state index contributed by atoms with van der Waals surface area (Å²) in [4.78, 5) is 12.4. The van der Waals surface area contributed by atoms with Gasteiger partial charge in [-0.15, -0.1) is 0 Å². The highest BCUT2D eigenvalue weighted by atomic mass is 16.5. The van der Waals surface area contributed by atoms with Crippen molar-refractivity contribution in [3.8, 4) is 11.5 Å². The Morgan fingerprint density at radius 3 is 2.61 bits per heavy atom. The molecule has 0 aliphatic rings. The van der Waals surface area contributed by atoms with Gasteiger partial charge in [-0.2, -0.15) is 0 Å². The molecule has 0 atom stereocenters. The fourth-order valence-corrected chi connectivity index (χ4v) is 3.35. The van der Waals surface area contributed by atoms with Gasteiger partial charge in [0.15, 0.2) is 11.5 Å². The number of carbonyl (C=O) groups excluding carboxylic acids is 1. The quantitative estimate of drug-likeness (QED) is 0.449. The summed E-state index contributed by atoms with van der Waals surface area (Å²) in [7, 11) is 3.15. The minimum absolute atomic E-state index is 0.147. The van der Waals surface area contributed by atoms with E-state index >= 15 is 0 Å². The fourth-order valence-electron chi connectivity index (χ4n) is 3.35. The number of hydrogen-bond acceptors (Lipinski definition) is 5. The molecule has 0 aliphatic heterocycles. The zero-order valence-corrected chi connectivity index (χ0v) is 15.7. The van der Waals surface area contributed by atoms with Crippen LogP contribution in [0.2, 0.25) is 0 Å². The van der Waals surface area contributed by atoms with E-state index in [1.54, 1.807) is 32.6 Å². The van der Waals surface area contributed by atoms with Crippen LogP contribution in [0.5, 0.6) is 11.5 Å². The molecule has 0 saturated carbocycles. The van der Waals surface area contributed by atoms with Crippen LogP contribution in [0.4, 0.5) is 0 Å². The van der Waals surface area contributed by atoms with Crippen LogP contribution in [0, 0.1) is 0 Å². The average molecular weight is 376 g/mol. The summed E-state index contributed by atoms with van der Waals surface area (Å²) in [6, 6.07) is 17.4. The third kappa shape index (κ3) is 3.39. The Balaban J connectivity index is 1.51. The maximum atomic E-state index is 12.4. The largest absolute Gasteiger partial charge is 0.493 e. The molecule has 5 heteroatoms. The molecule has 0 bridgehead atoms. The first-order valence-electron chi connectivity index (χ1n) is 8.94. The van der Waals surface area contributed by atoms with Gasteiger partial charge in [0.2, 0.25) is 0 Å². The van der Waals surface area contributed by atoms with Crippen molar-refractivity contribution in [2.45, 2.75) is 13.0 Å². The Labute approximate surface area is 162 Å². The Morgan fingerprint density at radius 1 is 0.964 bits per heavy atom. The molecule has 0 unspecified atom stereocenters. The lowest BCUT2D eigenvalue weighted by Gasteiger charge is -2.10. The van der Waals surface area contributed by atoms with E-state index in [1.807, 2.05) is 42.5 Å². The predicted molar refractivity (Wildman–Crippen MR) is 107 cm³/mol. The number of furan rings is 1. The molecule has 3 aromatic carbocycles. The van der Waals surface area contributed by atoms with Crippen molar-refractivity contribution < 1.29 is 23.4 Å². The summed E-state index contributed by atoms with van der Waals surface area (Å²) in [6.45, 7) is 0.162. The summed E-state index contributed by atoms with van der Waals surface area (Å²) >= 11 is 0. The molecule has 5 nitrogen and oxygen atoms in total. The summed E-state index contributed by atoms with van der Waals surface area (Å²) in [6.07, 6.45) is 1.78. The molecule has 0 spiro atoms. The molecule has 4 aromatic rings. The molecule has 4 rings (SSSR count). The topological polar surface area (TPSA) is 57.9 Å². The van der Waals surface area contributed by atoms with Crippen LogP contribution >= 0.6 is 0 Å². The number of hydrogen-bond donors (Lipinski definition) is 0. The second-order valence-electron chi connectivity index (χ2n) is 6.45. The monoisotopic (exact) mass is 376 g/mol. The maximum Gasteiger partial charge on any atom is 0.310 e. The number of benzene rings is 3. The van der Waals surface area contributed by atoms with E-state index in [4.69, 9.17) is 18.6 Å². The first-order valence-corrected chi connectivity index (χ1v) is 8.94. The Bertz CT molecular complexity index is 1140. The number of ether oxygens (including phenoxy) is 3. The summed E-state index contributed by atoms with van der Waals surface area (Å²) < 4.78 is 21.6. The van der Waals surface area contributed by atoms with Crippen molar-refractivity contribution in [1.29, 1.82) is 0 Å². The molecule has 0 saturated heterocycles. The van der Waals surface area contributed by atoms with Crippen LogP contribution < -0.4 is 9.47 Å². The zero-order chi connectivity index (χ0) is 19.5. The number of carbonyl (C=O) groups is 1. The van der Waals surface area contributed by atoms with Gasteiger partial charge in [0.25, 0.3) is 0 Å². The summed E-state index contributed by atoms with van der Waals surface area (Å²) in [5.41, 5.74) is 2.42. The van der Waals surface area contributed by atoms with Gasteiger partial charge in [-0.05, 0) is 34.5 Å². The number of fused-ring (bicyclic) bond motifs is 3. The van der Waals surface area contributed by atoms with Gasteiger partial charge >= 0.3 is 5.97 Å². The van der Waals surface area contributed by atoms with Gasteiger partial charge in [-0.25, -0.2) is 0 Å². The number of rotatable bonds is 6. The molecule has 0 fully saturated rings. The van der Waals surface area contributed by atoms with Crippen LogP contribution in [0.25, 0.3) is 21.7 Å². The van der Waals surface area contributed by atoms with Crippen LogP contribution in [0.15, 0.2) is 65.3 Å². The molecule has 142 valence electrons. The van der Waals surface area contributed by atoms with Crippen molar-refractivity contribution in [2.75, 3.05) is 14.2 Å². The Kier molecular flexibility index (Phi) is 4.89. The zero-order valence-electron chi connectivity index (χ0n) is 15.7. The number of esters is 1. The molecular formula is C23H20O5. The second kappa shape index (κ2) is 7.64. The Hall–Kier alpha value is -3.47. The third-order valence-electron chi connectivity index (χ3n) is 4.72. The van der Waals surface area contributed by atoms with E-state index in [0.717, 1.165) is 32.9 Å². The van der Waals surface area contributed by atoms with E-state index in [2.05, 4.69) is 0 Å². The third-order valence-corrected chi connectivity index (χ3v) is 4.72. The smallest absolute Gasteiger partial charge is 0.310 e. The van der Waals surface area contributed by atoms with Crippen molar-refractivity contribution in [1.82, 2.24) is 0 Å². The van der Waals surface area contributed by atoms with Gasteiger partial charge in [0, 0.05) is 10.9 Å². The molecule has 1 heterocycles. The van der Waals surface area contributed by atoms with Crippen molar-refractivity contribution >= 4 is 27.7 Å². The first-order chi connectivity index (χ1) is 13.7. The summed E-state index contributed by atoms with van der Waals surface area (Å²) in [5.74, 6) is 0.920. The second-order valence-corrected chi connectivity index (χ2v) is 6.45. The van der Waals surface area contributed by atoms with Gasteiger partial charge in [-0.3, -0.25) is 4.79 Å². The maximum absolute atomic E-state index is 12.4. The fraction of sp³-hybridized carbons (Fsp3) is 0.174. The number of methoxy groups -OCH3 is 2. The van der Waals surface area contributed by atoms with E-state index in [9.17, 15) is 4.79 Å². The normalized spacial score (nSPS) is 10.9. The van der Waals surface area contributed by atoms with E-state index < -0.39 is 0 Å². The van der Waals surface area contributed by atoms with Crippen LogP contribution in [-0.4, -0.2) is 20.2 Å². The Morgan fingerprint density at radius 2 is 1.79 bits per heavy atom. The van der Waals surface area contributed by atoms with Crippen molar-refractivity contribution in [3.63, 3.8) is 0 Å². The molecule has 1 aromatic heterocycles. The average Bonchev–Trinajstić information content (AvgIpc) is 3.15. The molecule has 0 aliphatic carbocycles. The van der Waals surface area contributed by atoms with Crippen molar-refractivity contribution in [3.05, 3.63) is 72.0 Å². The lowest BCUT2D eigenvalue weighted by molar-refractivity contribution is -0.144. The molecule has 0 radical (unpaired) electrons. The minimum atomic E-state index is -0.314.